The Bertz CT molecular complexity index is 424. The number of benzene rings is 1. The molecule has 1 aromatic carbocycles. The first-order valence-corrected chi connectivity index (χ1v) is 5.15. The van der Waals surface area contributed by atoms with Gasteiger partial charge in [-0.1, -0.05) is 23.7 Å². The van der Waals surface area contributed by atoms with Crippen molar-refractivity contribution >= 4 is 17.4 Å². The Morgan fingerprint density at radius 1 is 1.47 bits per heavy atom. The Hall–Kier alpha value is -1.28. The molecule has 3 heteroatoms. The second kappa shape index (κ2) is 4.07. The van der Waals surface area contributed by atoms with Gasteiger partial charge in [0.25, 0.3) is 0 Å². The van der Waals surface area contributed by atoms with E-state index >= 15 is 0 Å². The van der Waals surface area contributed by atoms with Crippen molar-refractivity contribution in [1.29, 1.82) is 0 Å². The van der Waals surface area contributed by atoms with E-state index in [1.54, 1.807) is 0 Å². The molecule has 2 rings (SSSR count). The zero-order valence-corrected chi connectivity index (χ0v) is 9.12. The first-order valence-electron chi connectivity index (χ1n) is 4.78. The molecule has 0 spiro atoms. The van der Waals surface area contributed by atoms with Gasteiger partial charge in [0.2, 0.25) is 0 Å². The fraction of sp³-hybridized carbons (Fsp3) is 0.250. The second-order valence-corrected chi connectivity index (χ2v) is 4.01. The Balaban J connectivity index is 2.26. The molecule has 0 aliphatic carbocycles. The third-order valence-corrected chi connectivity index (χ3v) is 2.86. The number of hydrogen-bond acceptors (Lipinski definition) is 2. The Morgan fingerprint density at radius 2 is 2.27 bits per heavy atom. The number of hydrogen-bond donors (Lipinski definition) is 0. The van der Waals surface area contributed by atoms with Crippen molar-refractivity contribution in [3.05, 3.63) is 46.7 Å². The summed E-state index contributed by atoms with van der Waals surface area (Å²) in [7, 11) is 0. The van der Waals surface area contributed by atoms with Crippen LogP contribution in [0.5, 0.6) is 0 Å². The van der Waals surface area contributed by atoms with Crippen LogP contribution < -0.4 is 0 Å². The van der Waals surface area contributed by atoms with Gasteiger partial charge in [0.15, 0.2) is 5.78 Å². The van der Waals surface area contributed by atoms with Crippen molar-refractivity contribution in [2.75, 3.05) is 0 Å². The summed E-state index contributed by atoms with van der Waals surface area (Å²) in [5.74, 6) is 0.0861. The standard InChI is InChI=1S/C12H11ClO2/c1-8-2-3-9(6-11(8)13)12-7-10(14)4-5-15-12/h2-6,12H,7H2,1H3. The minimum atomic E-state index is -0.194. The summed E-state index contributed by atoms with van der Waals surface area (Å²) < 4.78 is 5.37. The van der Waals surface area contributed by atoms with Gasteiger partial charge < -0.3 is 4.74 Å². The van der Waals surface area contributed by atoms with Crippen molar-refractivity contribution in [2.24, 2.45) is 0 Å². The van der Waals surface area contributed by atoms with Crippen LogP contribution in [0.25, 0.3) is 0 Å². The van der Waals surface area contributed by atoms with Gasteiger partial charge in [-0.3, -0.25) is 4.79 Å². The van der Waals surface area contributed by atoms with E-state index in [1.807, 2.05) is 25.1 Å². The molecule has 1 aliphatic rings. The molecule has 2 nitrogen and oxygen atoms in total. The summed E-state index contributed by atoms with van der Waals surface area (Å²) in [6.07, 6.45) is 3.09. The number of aryl methyl sites for hydroxylation is 1. The molecule has 1 unspecified atom stereocenters. The molecule has 1 aromatic rings. The van der Waals surface area contributed by atoms with Gasteiger partial charge in [-0.05, 0) is 24.1 Å². The van der Waals surface area contributed by atoms with Gasteiger partial charge >= 0.3 is 0 Å². The van der Waals surface area contributed by atoms with Crippen LogP contribution in [-0.2, 0) is 9.53 Å². The molecule has 0 radical (unpaired) electrons. The maximum Gasteiger partial charge on any atom is 0.162 e. The number of rotatable bonds is 1. The largest absolute Gasteiger partial charge is 0.493 e. The number of halogens is 1. The summed E-state index contributed by atoms with van der Waals surface area (Å²) in [5, 5.41) is 0.707. The maximum atomic E-state index is 11.2. The number of ether oxygens (including phenoxy) is 1. The summed E-state index contributed by atoms with van der Waals surface area (Å²) >= 11 is 6.01. The van der Waals surface area contributed by atoms with E-state index in [1.165, 1.54) is 12.3 Å². The fourth-order valence-electron chi connectivity index (χ4n) is 1.51. The molecule has 1 aliphatic heterocycles. The van der Waals surface area contributed by atoms with Crippen molar-refractivity contribution < 1.29 is 9.53 Å². The Kier molecular flexibility index (Phi) is 2.78. The highest BCUT2D eigenvalue weighted by Gasteiger charge is 2.18. The van der Waals surface area contributed by atoms with Crippen LogP contribution in [0.2, 0.25) is 5.02 Å². The summed E-state index contributed by atoms with van der Waals surface area (Å²) in [6, 6.07) is 5.73. The van der Waals surface area contributed by atoms with E-state index < -0.39 is 0 Å². The highest BCUT2D eigenvalue weighted by Crippen LogP contribution is 2.28. The zero-order chi connectivity index (χ0) is 10.8. The molecule has 0 fully saturated rings. The predicted molar refractivity (Wildman–Crippen MR) is 58.8 cm³/mol. The number of allylic oxidation sites excluding steroid dienone is 1. The molecular formula is C12H11ClO2. The average Bonchev–Trinajstić information content (AvgIpc) is 2.22. The number of carbonyl (C=O) groups is 1. The van der Waals surface area contributed by atoms with Crippen molar-refractivity contribution in [2.45, 2.75) is 19.4 Å². The number of carbonyl (C=O) groups excluding carboxylic acids is 1. The van der Waals surface area contributed by atoms with Crippen molar-refractivity contribution in [3.63, 3.8) is 0 Å². The fourth-order valence-corrected chi connectivity index (χ4v) is 1.70. The normalized spacial score (nSPS) is 20.1. The highest BCUT2D eigenvalue weighted by atomic mass is 35.5. The van der Waals surface area contributed by atoms with Gasteiger partial charge in [0.1, 0.15) is 6.10 Å². The molecular weight excluding hydrogens is 212 g/mol. The van der Waals surface area contributed by atoms with Gasteiger partial charge in [-0.2, -0.15) is 0 Å². The molecule has 0 saturated heterocycles. The summed E-state index contributed by atoms with van der Waals surface area (Å²) in [6.45, 7) is 1.94. The molecule has 0 bridgehead atoms. The summed E-state index contributed by atoms with van der Waals surface area (Å²) in [4.78, 5) is 11.2. The van der Waals surface area contributed by atoms with E-state index in [9.17, 15) is 4.79 Å². The summed E-state index contributed by atoms with van der Waals surface area (Å²) in [5.41, 5.74) is 1.97. The monoisotopic (exact) mass is 222 g/mol. The first-order chi connectivity index (χ1) is 7.16. The van der Waals surface area contributed by atoms with E-state index in [0.717, 1.165) is 11.1 Å². The van der Waals surface area contributed by atoms with E-state index in [4.69, 9.17) is 16.3 Å². The van der Waals surface area contributed by atoms with Crippen LogP contribution in [0.1, 0.15) is 23.7 Å². The third kappa shape index (κ3) is 2.21. The topological polar surface area (TPSA) is 26.3 Å². The minimum absolute atomic E-state index is 0.0861. The van der Waals surface area contributed by atoms with Crippen LogP contribution in [0.3, 0.4) is 0 Å². The SMILES string of the molecule is Cc1ccc(C2CC(=O)C=CO2)cc1Cl. The van der Waals surface area contributed by atoms with Crippen LogP contribution in [0, 0.1) is 6.92 Å². The van der Waals surface area contributed by atoms with Crippen LogP contribution >= 0.6 is 11.6 Å². The lowest BCUT2D eigenvalue weighted by atomic mass is 10.0. The van der Waals surface area contributed by atoms with Crippen LogP contribution in [-0.4, -0.2) is 5.78 Å². The van der Waals surface area contributed by atoms with Gasteiger partial charge in [0.05, 0.1) is 12.7 Å². The predicted octanol–water partition coefficient (Wildman–Crippen LogP) is 3.19. The lowest BCUT2D eigenvalue weighted by Crippen LogP contribution is -2.11. The third-order valence-electron chi connectivity index (χ3n) is 2.45. The van der Waals surface area contributed by atoms with Gasteiger partial charge in [-0.15, -0.1) is 0 Å². The number of ketones is 1. The van der Waals surface area contributed by atoms with Crippen molar-refractivity contribution in [3.8, 4) is 0 Å². The molecule has 0 saturated carbocycles. The lowest BCUT2D eigenvalue weighted by molar-refractivity contribution is -0.118. The van der Waals surface area contributed by atoms with Crippen molar-refractivity contribution in [1.82, 2.24) is 0 Å². The molecule has 0 amide bonds. The van der Waals surface area contributed by atoms with E-state index in [2.05, 4.69) is 0 Å². The first kappa shape index (κ1) is 10.2. The highest BCUT2D eigenvalue weighted by molar-refractivity contribution is 6.31. The van der Waals surface area contributed by atoms with Crippen LogP contribution in [0.4, 0.5) is 0 Å². The van der Waals surface area contributed by atoms with Gasteiger partial charge in [0, 0.05) is 11.1 Å². The second-order valence-electron chi connectivity index (χ2n) is 3.61. The Labute approximate surface area is 93.5 Å². The average molecular weight is 223 g/mol. The van der Waals surface area contributed by atoms with Gasteiger partial charge in [-0.25, -0.2) is 0 Å². The molecule has 78 valence electrons. The maximum absolute atomic E-state index is 11.2. The Morgan fingerprint density at radius 3 is 2.93 bits per heavy atom. The quantitative estimate of drug-likeness (QED) is 0.730. The molecule has 1 atom stereocenters. The lowest BCUT2D eigenvalue weighted by Gasteiger charge is -2.19. The van der Waals surface area contributed by atoms with Crippen LogP contribution in [0.15, 0.2) is 30.5 Å². The molecule has 15 heavy (non-hydrogen) atoms. The van der Waals surface area contributed by atoms with E-state index in [-0.39, 0.29) is 11.9 Å². The zero-order valence-electron chi connectivity index (χ0n) is 8.37. The molecule has 0 aromatic heterocycles. The van der Waals surface area contributed by atoms with E-state index in [0.29, 0.717) is 11.4 Å². The smallest absolute Gasteiger partial charge is 0.162 e. The molecule has 0 N–H and O–H groups in total. The molecule has 1 heterocycles. The minimum Gasteiger partial charge on any atom is -0.493 e.